The molecule has 5 nitrogen and oxygen atoms in total. The summed E-state index contributed by atoms with van der Waals surface area (Å²) in [7, 11) is 1.55. The first-order chi connectivity index (χ1) is 17.1. The minimum absolute atomic E-state index is 0.144. The van der Waals surface area contributed by atoms with E-state index in [1.807, 2.05) is 6.07 Å². The number of aromatic amines is 1. The van der Waals surface area contributed by atoms with Gasteiger partial charge in [0.15, 0.2) is 0 Å². The Balaban J connectivity index is 1.67. The van der Waals surface area contributed by atoms with E-state index in [1.165, 1.54) is 25.1 Å². The van der Waals surface area contributed by atoms with E-state index in [4.69, 9.17) is 27.9 Å². The standard InChI is InChI=1S/C27H23Cl2F2N3O2/c1-4-27(30,31)17-7-5-8-18(14-17)33-26(35)24-15(2)32-25(34-24)16-11-12-22(36-3)19(13-16)23-20(28)9-6-10-21(23)29/h5-14H,4H2,1-3H3,(H,32,34)(H,33,35). The second kappa shape index (κ2) is 10.3. The number of nitrogens with zero attached hydrogens (tertiary/aromatic N) is 1. The molecule has 4 rings (SSSR count). The summed E-state index contributed by atoms with van der Waals surface area (Å²) in [5.74, 6) is -2.49. The summed E-state index contributed by atoms with van der Waals surface area (Å²) in [5.41, 5.74) is 2.72. The number of benzene rings is 3. The molecule has 2 N–H and O–H groups in total. The molecule has 9 heteroatoms. The van der Waals surface area contributed by atoms with Crippen molar-refractivity contribution in [2.24, 2.45) is 0 Å². The summed E-state index contributed by atoms with van der Waals surface area (Å²) >= 11 is 12.8. The van der Waals surface area contributed by atoms with Crippen molar-refractivity contribution < 1.29 is 18.3 Å². The molecule has 0 aliphatic heterocycles. The lowest BCUT2D eigenvalue weighted by molar-refractivity contribution is -0.00824. The van der Waals surface area contributed by atoms with Crippen LogP contribution in [-0.4, -0.2) is 23.0 Å². The maximum absolute atomic E-state index is 14.1. The summed E-state index contributed by atoms with van der Waals surface area (Å²) in [5, 5.41) is 3.59. The van der Waals surface area contributed by atoms with Crippen molar-refractivity contribution in [2.75, 3.05) is 12.4 Å². The molecule has 0 fully saturated rings. The lowest BCUT2D eigenvalue weighted by Gasteiger charge is -2.15. The molecule has 0 spiro atoms. The summed E-state index contributed by atoms with van der Waals surface area (Å²) in [6, 6.07) is 16.3. The van der Waals surface area contributed by atoms with E-state index in [2.05, 4.69) is 15.3 Å². The van der Waals surface area contributed by atoms with E-state index in [0.29, 0.717) is 44.0 Å². The van der Waals surface area contributed by atoms with Gasteiger partial charge in [-0.3, -0.25) is 4.79 Å². The Labute approximate surface area is 217 Å². The van der Waals surface area contributed by atoms with E-state index in [1.54, 1.807) is 50.4 Å². The molecule has 0 unspecified atom stereocenters. The number of hydrogen-bond donors (Lipinski definition) is 2. The van der Waals surface area contributed by atoms with Crippen LogP contribution in [0.25, 0.3) is 22.5 Å². The van der Waals surface area contributed by atoms with Gasteiger partial charge in [-0.2, -0.15) is 0 Å². The number of H-pyrrole nitrogens is 1. The predicted molar refractivity (Wildman–Crippen MR) is 139 cm³/mol. The Morgan fingerprint density at radius 2 is 1.78 bits per heavy atom. The number of aryl methyl sites for hydroxylation is 1. The Morgan fingerprint density at radius 1 is 1.08 bits per heavy atom. The molecule has 0 aliphatic carbocycles. The normalized spacial score (nSPS) is 11.4. The van der Waals surface area contributed by atoms with Crippen molar-refractivity contribution in [3.8, 4) is 28.3 Å². The smallest absolute Gasteiger partial charge is 0.276 e. The number of carbonyl (C=O) groups excluding carboxylic acids is 1. The molecule has 3 aromatic carbocycles. The van der Waals surface area contributed by atoms with Crippen LogP contribution < -0.4 is 10.1 Å². The lowest BCUT2D eigenvalue weighted by Crippen LogP contribution is -2.15. The van der Waals surface area contributed by atoms with E-state index in [9.17, 15) is 13.6 Å². The highest BCUT2D eigenvalue weighted by atomic mass is 35.5. The van der Waals surface area contributed by atoms with Crippen molar-refractivity contribution in [3.63, 3.8) is 0 Å². The van der Waals surface area contributed by atoms with Gasteiger partial charge in [-0.15, -0.1) is 0 Å². The third kappa shape index (κ3) is 5.08. The van der Waals surface area contributed by atoms with Crippen molar-refractivity contribution in [1.29, 1.82) is 0 Å². The Morgan fingerprint density at radius 3 is 2.44 bits per heavy atom. The third-order valence-corrected chi connectivity index (χ3v) is 6.42. The number of anilines is 1. The molecule has 1 aromatic heterocycles. The molecule has 4 aromatic rings. The number of alkyl halides is 2. The second-order valence-corrected chi connectivity index (χ2v) is 8.98. The number of nitrogens with one attached hydrogen (secondary N) is 2. The molecule has 36 heavy (non-hydrogen) atoms. The van der Waals surface area contributed by atoms with Gasteiger partial charge in [-0.1, -0.05) is 48.3 Å². The van der Waals surface area contributed by atoms with E-state index in [0.717, 1.165) is 0 Å². The highest BCUT2D eigenvalue weighted by Gasteiger charge is 2.29. The van der Waals surface area contributed by atoms with Gasteiger partial charge in [0.25, 0.3) is 11.8 Å². The SMILES string of the molecule is CCC(F)(F)c1cccc(NC(=O)c2nc(-c3ccc(OC)c(-c4c(Cl)cccc4Cl)c3)[nH]c2C)c1. The number of hydrogen-bond acceptors (Lipinski definition) is 3. The van der Waals surface area contributed by atoms with Crippen molar-refractivity contribution in [1.82, 2.24) is 9.97 Å². The zero-order valence-electron chi connectivity index (χ0n) is 19.8. The minimum Gasteiger partial charge on any atom is -0.496 e. The van der Waals surface area contributed by atoms with Crippen LogP contribution in [0.4, 0.5) is 14.5 Å². The topological polar surface area (TPSA) is 67.0 Å². The van der Waals surface area contributed by atoms with Crippen LogP contribution in [-0.2, 0) is 5.92 Å². The number of carbonyl (C=O) groups is 1. The second-order valence-electron chi connectivity index (χ2n) is 8.16. The van der Waals surface area contributed by atoms with Crippen LogP contribution in [0, 0.1) is 6.92 Å². The number of aromatic nitrogens is 2. The fraction of sp³-hybridized carbons (Fsp3) is 0.185. The molecule has 0 radical (unpaired) electrons. The fourth-order valence-electron chi connectivity index (χ4n) is 3.84. The molecule has 0 bridgehead atoms. The number of ether oxygens (including phenoxy) is 1. The van der Waals surface area contributed by atoms with Gasteiger partial charge in [0.05, 0.1) is 17.2 Å². The van der Waals surface area contributed by atoms with Gasteiger partial charge in [0.2, 0.25) is 0 Å². The summed E-state index contributed by atoms with van der Waals surface area (Å²) in [4.78, 5) is 20.5. The molecule has 1 amide bonds. The van der Waals surface area contributed by atoms with Crippen molar-refractivity contribution >= 4 is 34.8 Å². The molecular weight excluding hydrogens is 507 g/mol. The number of imidazole rings is 1. The molecule has 0 saturated heterocycles. The first-order valence-corrected chi connectivity index (χ1v) is 11.9. The average molecular weight is 530 g/mol. The molecular formula is C27H23Cl2F2N3O2. The summed E-state index contributed by atoms with van der Waals surface area (Å²) in [6.45, 7) is 3.12. The first-order valence-electron chi connectivity index (χ1n) is 11.1. The quantitative estimate of drug-likeness (QED) is 0.254. The van der Waals surface area contributed by atoms with Gasteiger partial charge < -0.3 is 15.0 Å². The summed E-state index contributed by atoms with van der Waals surface area (Å²) in [6.07, 6.45) is -0.338. The van der Waals surface area contributed by atoms with Gasteiger partial charge >= 0.3 is 0 Å². The third-order valence-electron chi connectivity index (χ3n) is 5.79. The molecule has 0 atom stereocenters. The van der Waals surface area contributed by atoms with E-state index < -0.39 is 11.8 Å². The highest BCUT2D eigenvalue weighted by molar-refractivity contribution is 6.39. The zero-order valence-corrected chi connectivity index (χ0v) is 21.3. The van der Waals surface area contributed by atoms with Gasteiger partial charge in [0.1, 0.15) is 17.3 Å². The number of amides is 1. The maximum Gasteiger partial charge on any atom is 0.276 e. The Bertz CT molecular complexity index is 1420. The molecule has 0 aliphatic rings. The van der Waals surface area contributed by atoms with E-state index in [-0.39, 0.29) is 23.4 Å². The molecule has 186 valence electrons. The van der Waals surface area contributed by atoms with Gasteiger partial charge in [0, 0.05) is 40.1 Å². The zero-order chi connectivity index (χ0) is 26.0. The number of halogens is 4. The Kier molecular flexibility index (Phi) is 7.33. The van der Waals surface area contributed by atoms with Gasteiger partial charge in [-0.25, -0.2) is 13.8 Å². The minimum atomic E-state index is -2.98. The fourth-order valence-corrected chi connectivity index (χ4v) is 4.44. The lowest BCUT2D eigenvalue weighted by atomic mass is 10.0. The van der Waals surface area contributed by atoms with Crippen LogP contribution in [0.3, 0.4) is 0 Å². The largest absolute Gasteiger partial charge is 0.496 e. The highest BCUT2D eigenvalue weighted by Crippen LogP contribution is 2.41. The van der Waals surface area contributed by atoms with E-state index >= 15 is 0 Å². The molecule has 0 saturated carbocycles. The van der Waals surface area contributed by atoms with Crippen LogP contribution in [0.5, 0.6) is 5.75 Å². The van der Waals surface area contributed by atoms with Crippen LogP contribution in [0.1, 0.15) is 35.1 Å². The van der Waals surface area contributed by atoms with Crippen molar-refractivity contribution in [2.45, 2.75) is 26.2 Å². The van der Waals surface area contributed by atoms with Crippen molar-refractivity contribution in [3.05, 3.63) is 87.7 Å². The average Bonchev–Trinajstić information content (AvgIpc) is 3.25. The Hall–Kier alpha value is -3.42. The maximum atomic E-state index is 14.1. The van der Waals surface area contributed by atoms with Gasteiger partial charge in [-0.05, 0) is 49.4 Å². The number of rotatable bonds is 7. The summed E-state index contributed by atoms with van der Waals surface area (Å²) < 4.78 is 33.7. The predicted octanol–water partition coefficient (Wildman–Crippen LogP) is 8.12. The number of methoxy groups -OCH3 is 1. The monoisotopic (exact) mass is 529 g/mol. The van der Waals surface area contributed by atoms with Crippen LogP contribution in [0.2, 0.25) is 10.0 Å². The van der Waals surface area contributed by atoms with Crippen LogP contribution in [0.15, 0.2) is 60.7 Å². The van der Waals surface area contributed by atoms with Crippen LogP contribution >= 0.6 is 23.2 Å². The molecule has 1 heterocycles. The first kappa shape index (κ1) is 25.7.